The molecule has 2 rings (SSSR count). The SMILES string of the molecule is COCc1cccc(C(=O)N(C)CC(=O)Nc2cccc(OC)c2)c1. The van der Waals surface area contributed by atoms with Crippen LogP contribution in [0.4, 0.5) is 5.69 Å². The first-order chi connectivity index (χ1) is 12.0. The zero-order valence-electron chi connectivity index (χ0n) is 14.6. The van der Waals surface area contributed by atoms with Crippen molar-refractivity contribution in [1.82, 2.24) is 4.90 Å². The number of nitrogens with one attached hydrogen (secondary N) is 1. The minimum atomic E-state index is -0.280. The lowest BCUT2D eigenvalue weighted by molar-refractivity contribution is -0.116. The fourth-order valence-electron chi connectivity index (χ4n) is 2.37. The van der Waals surface area contributed by atoms with Crippen LogP contribution in [-0.2, 0) is 16.1 Å². The Morgan fingerprint density at radius 2 is 1.84 bits per heavy atom. The molecule has 2 amide bonds. The number of hydrogen-bond donors (Lipinski definition) is 1. The number of hydrogen-bond acceptors (Lipinski definition) is 4. The van der Waals surface area contributed by atoms with Crippen LogP contribution in [0.15, 0.2) is 48.5 Å². The van der Waals surface area contributed by atoms with Crippen LogP contribution in [0, 0.1) is 0 Å². The van der Waals surface area contributed by atoms with Crippen molar-refractivity contribution >= 4 is 17.5 Å². The lowest BCUT2D eigenvalue weighted by atomic mass is 10.1. The summed E-state index contributed by atoms with van der Waals surface area (Å²) in [5, 5.41) is 2.75. The molecule has 2 aromatic rings. The molecule has 6 heteroatoms. The van der Waals surface area contributed by atoms with Gasteiger partial charge in [-0.2, -0.15) is 0 Å². The molecule has 0 aromatic heterocycles. The van der Waals surface area contributed by atoms with Crippen LogP contribution in [0.3, 0.4) is 0 Å². The van der Waals surface area contributed by atoms with E-state index in [4.69, 9.17) is 9.47 Å². The van der Waals surface area contributed by atoms with Gasteiger partial charge in [0, 0.05) is 31.5 Å². The Balaban J connectivity index is 1.98. The monoisotopic (exact) mass is 342 g/mol. The zero-order chi connectivity index (χ0) is 18.2. The highest BCUT2D eigenvalue weighted by molar-refractivity contribution is 5.99. The molecule has 0 aliphatic heterocycles. The zero-order valence-corrected chi connectivity index (χ0v) is 14.6. The fraction of sp³-hybridized carbons (Fsp3) is 0.263. The Labute approximate surface area is 147 Å². The molecule has 0 fully saturated rings. The van der Waals surface area contributed by atoms with E-state index >= 15 is 0 Å². The Hall–Kier alpha value is -2.86. The summed E-state index contributed by atoms with van der Waals surface area (Å²) in [5.41, 5.74) is 2.04. The van der Waals surface area contributed by atoms with Crippen molar-refractivity contribution < 1.29 is 19.1 Å². The van der Waals surface area contributed by atoms with Gasteiger partial charge >= 0.3 is 0 Å². The van der Waals surface area contributed by atoms with Gasteiger partial charge in [-0.05, 0) is 29.8 Å². The van der Waals surface area contributed by atoms with Gasteiger partial charge in [-0.3, -0.25) is 9.59 Å². The standard InChI is InChI=1S/C19H22N2O4/c1-21(19(23)15-7-4-6-14(10-15)13-24-2)12-18(22)20-16-8-5-9-17(11-16)25-3/h4-11H,12-13H2,1-3H3,(H,20,22). The number of carbonyl (C=O) groups is 2. The minimum Gasteiger partial charge on any atom is -0.497 e. The number of benzene rings is 2. The third kappa shape index (κ3) is 5.32. The molecule has 25 heavy (non-hydrogen) atoms. The molecule has 2 aromatic carbocycles. The Bertz CT molecular complexity index is 746. The minimum absolute atomic E-state index is 0.0510. The molecule has 0 spiro atoms. The van der Waals surface area contributed by atoms with E-state index in [2.05, 4.69) is 5.32 Å². The molecule has 0 bridgehead atoms. The number of amides is 2. The van der Waals surface area contributed by atoms with E-state index in [1.54, 1.807) is 63.7 Å². The van der Waals surface area contributed by atoms with E-state index in [1.165, 1.54) is 4.90 Å². The summed E-state index contributed by atoms with van der Waals surface area (Å²) in [5.74, 6) is 0.146. The molecule has 0 heterocycles. The largest absolute Gasteiger partial charge is 0.497 e. The summed E-state index contributed by atoms with van der Waals surface area (Å²) in [4.78, 5) is 26.0. The number of anilines is 1. The van der Waals surface area contributed by atoms with Crippen LogP contribution < -0.4 is 10.1 Å². The smallest absolute Gasteiger partial charge is 0.254 e. The van der Waals surface area contributed by atoms with E-state index < -0.39 is 0 Å². The van der Waals surface area contributed by atoms with Crippen molar-refractivity contribution in [3.63, 3.8) is 0 Å². The van der Waals surface area contributed by atoms with Crippen molar-refractivity contribution in [2.24, 2.45) is 0 Å². The van der Waals surface area contributed by atoms with E-state index in [0.717, 1.165) is 5.56 Å². The van der Waals surface area contributed by atoms with E-state index in [-0.39, 0.29) is 18.4 Å². The normalized spacial score (nSPS) is 10.2. The van der Waals surface area contributed by atoms with Crippen molar-refractivity contribution in [2.75, 3.05) is 33.1 Å². The summed E-state index contributed by atoms with van der Waals surface area (Å²) < 4.78 is 10.2. The molecule has 0 aliphatic rings. The van der Waals surface area contributed by atoms with Gasteiger partial charge in [0.05, 0.1) is 20.3 Å². The third-order valence-corrected chi connectivity index (χ3v) is 3.57. The van der Waals surface area contributed by atoms with E-state index in [0.29, 0.717) is 23.6 Å². The topological polar surface area (TPSA) is 67.9 Å². The van der Waals surface area contributed by atoms with Gasteiger partial charge in [-0.1, -0.05) is 18.2 Å². The highest BCUT2D eigenvalue weighted by Gasteiger charge is 2.15. The first kappa shape index (κ1) is 18.5. The second kappa shape index (κ2) is 8.84. The second-order valence-electron chi connectivity index (χ2n) is 5.57. The Kier molecular flexibility index (Phi) is 6.54. The predicted octanol–water partition coefficient (Wildman–Crippen LogP) is 2.55. The highest BCUT2D eigenvalue weighted by atomic mass is 16.5. The van der Waals surface area contributed by atoms with Gasteiger partial charge in [0.15, 0.2) is 0 Å². The van der Waals surface area contributed by atoms with Gasteiger partial charge in [-0.25, -0.2) is 0 Å². The summed E-state index contributed by atoms with van der Waals surface area (Å²) in [6, 6.07) is 14.2. The molecular weight excluding hydrogens is 320 g/mol. The van der Waals surface area contributed by atoms with Crippen molar-refractivity contribution in [1.29, 1.82) is 0 Å². The number of rotatable bonds is 7. The van der Waals surface area contributed by atoms with E-state index in [9.17, 15) is 9.59 Å². The number of carbonyl (C=O) groups excluding carboxylic acids is 2. The maximum Gasteiger partial charge on any atom is 0.254 e. The quantitative estimate of drug-likeness (QED) is 0.840. The predicted molar refractivity (Wildman–Crippen MR) is 95.7 cm³/mol. The molecule has 6 nitrogen and oxygen atoms in total. The van der Waals surface area contributed by atoms with Gasteiger partial charge in [0.1, 0.15) is 5.75 Å². The second-order valence-corrected chi connectivity index (χ2v) is 5.57. The van der Waals surface area contributed by atoms with Crippen molar-refractivity contribution in [2.45, 2.75) is 6.61 Å². The lowest BCUT2D eigenvalue weighted by Gasteiger charge is -2.17. The third-order valence-electron chi connectivity index (χ3n) is 3.57. The molecule has 132 valence electrons. The molecule has 1 N–H and O–H groups in total. The maximum absolute atomic E-state index is 12.5. The summed E-state index contributed by atoms with van der Waals surface area (Å²) in [6.07, 6.45) is 0. The van der Waals surface area contributed by atoms with E-state index in [1.807, 2.05) is 6.07 Å². The number of likely N-dealkylation sites (N-methyl/N-ethyl adjacent to an activating group) is 1. The Morgan fingerprint density at radius 1 is 1.08 bits per heavy atom. The molecule has 0 unspecified atom stereocenters. The number of nitrogens with zero attached hydrogens (tertiary/aromatic N) is 1. The first-order valence-electron chi connectivity index (χ1n) is 7.80. The molecular formula is C19H22N2O4. The van der Waals surface area contributed by atoms with Crippen LogP contribution in [0.25, 0.3) is 0 Å². The van der Waals surface area contributed by atoms with Gasteiger partial charge < -0.3 is 19.7 Å². The molecule has 0 saturated carbocycles. The molecule has 0 saturated heterocycles. The molecule has 0 atom stereocenters. The molecule has 0 radical (unpaired) electrons. The van der Waals surface area contributed by atoms with Crippen LogP contribution in [0.1, 0.15) is 15.9 Å². The molecule has 0 aliphatic carbocycles. The highest BCUT2D eigenvalue weighted by Crippen LogP contribution is 2.16. The van der Waals surface area contributed by atoms with Gasteiger partial charge in [0.25, 0.3) is 5.91 Å². The number of methoxy groups -OCH3 is 2. The summed E-state index contributed by atoms with van der Waals surface area (Å²) in [6.45, 7) is 0.381. The van der Waals surface area contributed by atoms with Crippen LogP contribution in [-0.4, -0.2) is 44.5 Å². The summed E-state index contributed by atoms with van der Waals surface area (Å²) >= 11 is 0. The van der Waals surface area contributed by atoms with Gasteiger partial charge in [-0.15, -0.1) is 0 Å². The lowest BCUT2D eigenvalue weighted by Crippen LogP contribution is -2.35. The van der Waals surface area contributed by atoms with Crippen LogP contribution in [0.2, 0.25) is 0 Å². The number of ether oxygens (including phenoxy) is 2. The summed E-state index contributed by atoms with van der Waals surface area (Å²) in [7, 11) is 4.76. The fourth-order valence-corrected chi connectivity index (χ4v) is 2.37. The average molecular weight is 342 g/mol. The average Bonchev–Trinajstić information content (AvgIpc) is 2.61. The van der Waals surface area contributed by atoms with Crippen molar-refractivity contribution in [3.8, 4) is 5.75 Å². The van der Waals surface area contributed by atoms with Crippen LogP contribution in [0.5, 0.6) is 5.75 Å². The van der Waals surface area contributed by atoms with Gasteiger partial charge in [0.2, 0.25) is 5.91 Å². The van der Waals surface area contributed by atoms with Crippen LogP contribution >= 0.6 is 0 Å². The van der Waals surface area contributed by atoms with Crippen molar-refractivity contribution in [3.05, 3.63) is 59.7 Å². The first-order valence-corrected chi connectivity index (χ1v) is 7.80. The maximum atomic E-state index is 12.5. The Morgan fingerprint density at radius 3 is 2.56 bits per heavy atom.